The minimum Gasteiger partial charge on any atom is -0.486 e. The number of fused-ring (bicyclic) bond motifs is 1. The minimum absolute atomic E-state index is 0.142. The zero-order chi connectivity index (χ0) is 30.3. The molecule has 1 aromatic carbocycles. The van der Waals surface area contributed by atoms with E-state index in [1.165, 1.54) is 6.92 Å². The number of nitrogens with one attached hydrogen (secondary N) is 1. The fraction of sp³-hybridized carbons (Fsp3) is 0.435. The summed E-state index contributed by atoms with van der Waals surface area (Å²) in [6, 6.07) is 4.47. The Bertz CT molecular complexity index is 1400. The molecule has 3 rings (SSSR count). The number of carbonyl (C=O) groups is 2. The van der Waals surface area contributed by atoms with Crippen LogP contribution in [0.25, 0.3) is 0 Å². The SMILES string of the molecule is CC(CC1CN(S(=O)(=O)c2ccnc(C(F)(F)F)c2)c2cc(NC(=O)OC(C)(C)C(F)(F)F)ccc2O1)C(=O)O. The molecule has 2 atom stereocenters. The Morgan fingerprint density at radius 3 is 2.40 bits per heavy atom. The van der Waals surface area contributed by atoms with Crippen LogP contribution in [-0.4, -0.2) is 55.0 Å². The van der Waals surface area contributed by atoms with Crippen molar-refractivity contribution in [2.45, 2.75) is 56.1 Å². The van der Waals surface area contributed by atoms with Crippen molar-refractivity contribution in [3.8, 4) is 5.75 Å². The number of halogens is 6. The maximum atomic E-state index is 13.5. The Balaban J connectivity index is 2.02. The van der Waals surface area contributed by atoms with Gasteiger partial charge in [0.1, 0.15) is 17.5 Å². The number of carboxylic acids is 1. The molecule has 0 bridgehead atoms. The van der Waals surface area contributed by atoms with E-state index in [0.29, 0.717) is 30.4 Å². The van der Waals surface area contributed by atoms with Crippen molar-refractivity contribution in [2.24, 2.45) is 5.92 Å². The fourth-order valence-corrected chi connectivity index (χ4v) is 5.03. The Morgan fingerprint density at radius 1 is 1.18 bits per heavy atom. The molecular formula is C23H23F6N3O7S. The second-order valence-corrected chi connectivity index (χ2v) is 11.2. The standard InChI is InChI=1S/C23H23F6N3O7S/c1-12(19(33)34)8-14-11-32(40(36,37)15-6-7-30-18(10-15)22(24,25)26)16-9-13(4-5-17(16)38-14)31-20(35)39-21(2,3)23(27,28)29/h4-7,9-10,12,14H,8,11H2,1-3H3,(H,31,35)(H,33,34). The van der Waals surface area contributed by atoms with Gasteiger partial charge in [0.2, 0.25) is 5.60 Å². The Morgan fingerprint density at radius 2 is 1.82 bits per heavy atom. The molecule has 0 saturated carbocycles. The van der Waals surface area contributed by atoms with Crippen LogP contribution in [0.15, 0.2) is 41.4 Å². The molecule has 2 aromatic rings. The third-order valence-corrected chi connectivity index (χ3v) is 7.59. The van der Waals surface area contributed by atoms with Crippen molar-refractivity contribution < 1.29 is 58.9 Å². The van der Waals surface area contributed by atoms with Crippen LogP contribution >= 0.6 is 0 Å². The lowest BCUT2D eigenvalue weighted by Crippen LogP contribution is -2.45. The maximum absolute atomic E-state index is 13.5. The number of pyridine rings is 1. The number of hydrogen-bond acceptors (Lipinski definition) is 7. The van der Waals surface area contributed by atoms with Gasteiger partial charge >= 0.3 is 24.4 Å². The first-order chi connectivity index (χ1) is 18.2. The van der Waals surface area contributed by atoms with Crippen LogP contribution in [-0.2, 0) is 25.7 Å². The van der Waals surface area contributed by atoms with E-state index in [1.807, 2.05) is 5.32 Å². The number of carbonyl (C=O) groups excluding carboxylic acids is 1. The van der Waals surface area contributed by atoms with Gasteiger partial charge in [0, 0.05) is 11.9 Å². The number of ether oxygens (including phenoxy) is 2. The molecule has 10 nitrogen and oxygen atoms in total. The highest BCUT2D eigenvalue weighted by atomic mass is 32.2. The van der Waals surface area contributed by atoms with Crippen LogP contribution in [0.2, 0.25) is 0 Å². The monoisotopic (exact) mass is 599 g/mol. The molecule has 1 amide bonds. The molecule has 0 saturated heterocycles. The molecule has 1 aromatic heterocycles. The number of benzene rings is 1. The van der Waals surface area contributed by atoms with E-state index in [9.17, 15) is 49.5 Å². The molecule has 1 aliphatic heterocycles. The lowest BCUT2D eigenvalue weighted by atomic mass is 10.0. The van der Waals surface area contributed by atoms with E-state index >= 15 is 0 Å². The predicted octanol–water partition coefficient (Wildman–Crippen LogP) is 5.06. The zero-order valence-corrected chi connectivity index (χ0v) is 21.8. The molecule has 0 fully saturated rings. The first kappa shape index (κ1) is 30.8. The average Bonchev–Trinajstić information content (AvgIpc) is 2.82. The molecule has 40 heavy (non-hydrogen) atoms. The Labute approximate surface area is 223 Å². The van der Waals surface area contributed by atoms with Crippen LogP contribution in [0.5, 0.6) is 5.75 Å². The van der Waals surface area contributed by atoms with Gasteiger partial charge in [0.05, 0.1) is 23.0 Å². The highest BCUT2D eigenvalue weighted by molar-refractivity contribution is 7.92. The van der Waals surface area contributed by atoms with Gasteiger partial charge < -0.3 is 14.6 Å². The fourth-order valence-electron chi connectivity index (χ4n) is 3.52. The number of carboxylic acid groups (broad SMARTS) is 1. The summed E-state index contributed by atoms with van der Waals surface area (Å²) in [7, 11) is -4.77. The second-order valence-electron chi connectivity index (χ2n) is 9.33. The van der Waals surface area contributed by atoms with Crippen molar-refractivity contribution in [3.05, 3.63) is 42.2 Å². The summed E-state index contributed by atoms with van der Waals surface area (Å²) in [5, 5.41) is 11.3. The van der Waals surface area contributed by atoms with Crippen LogP contribution in [0, 0.1) is 5.92 Å². The molecule has 2 unspecified atom stereocenters. The van der Waals surface area contributed by atoms with Crippen molar-refractivity contribution in [1.29, 1.82) is 0 Å². The van der Waals surface area contributed by atoms with Gasteiger partial charge in [-0.15, -0.1) is 0 Å². The molecule has 220 valence electrons. The average molecular weight is 600 g/mol. The van der Waals surface area contributed by atoms with Crippen molar-refractivity contribution >= 4 is 33.5 Å². The van der Waals surface area contributed by atoms with Gasteiger partial charge in [0.25, 0.3) is 10.0 Å². The Kier molecular flexibility index (Phi) is 8.21. The minimum atomic E-state index is -4.96. The summed E-state index contributed by atoms with van der Waals surface area (Å²) in [4.78, 5) is 25.8. The molecule has 2 heterocycles. The molecule has 0 aliphatic carbocycles. The molecular weight excluding hydrogens is 576 g/mol. The number of hydrogen-bond donors (Lipinski definition) is 2. The second kappa shape index (κ2) is 10.7. The predicted molar refractivity (Wildman–Crippen MR) is 126 cm³/mol. The number of sulfonamides is 1. The van der Waals surface area contributed by atoms with E-state index in [-0.39, 0.29) is 23.5 Å². The van der Waals surface area contributed by atoms with Gasteiger partial charge in [-0.1, -0.05) is 6.92 Å². The van der Waals surface area contributed by atoms with Crippen molar-refractivity contribution in [1.82, 2.24) is 4.98 Å². The number of alkyl halides is 6. The summed E-state index contributed by atoms with van der Waals surface area (Å²) in [6.45, 7) is 2.04. The molecule has 0 spiro atoms. The third-order valence-electron chi connectivity index (χ3n) is 5.82. The van der Waals surface area contributed by atoms with E-state index in [1.54, 1.807) is 0 Å². The molecule has 0 radical (unpaired) electrons. The van der Waals surface area contributed by atoms with Crippen LogP contribution in [0.1, 0.15) is 32.9 Å². The maximum Gasteiger partial charge on any atom is 0.433 e. The Hall–Kier alpha value is -3.76. The van der Waals surface area contributed by atoms with Crippen LogP contribution in [0.3, 0.4) is 0 Å². The van der Waals surface area contributed by atoms with E-state index < -0.39 is 69.2 Å². The molecule has 2 N–H and O–H groups in total. The van der Waals surface area contributed by atoms with E-state index in [0.717, 1.165) is 24.3 Å². The summed E-state index contributed by atoms with van der Waals surface area (Å²) in [5.74, 6) is -2.33. The van der Waals surface area contributed by atoms with E-state index in [4.69, 9.17) is 4.74 Å². The summed E-state index contributed by atoms with van der Waals surface area (Å²) in [5.41, 5.74) is -4.86. The summed E-state index contributed by atoms with van der Waals surface area (Å²) < 4.78 is 117. The summed E-state index contributed by atoms with van der Waals surface area (Å²) in [6.07, 6.45) is -12.0. The number of rotatable bonds is 7. The van der Waals surface area contributed by atoms with Gasteiger partial charge in [-0.05, 0) is 50.6 Å². The van der Waals surface area contributed by atoms with E-state index in [2.05, 4.69) is 9.72 Å². The number of aliphatic carboxylic acids is 1. The largest absolute Gasteiger partial charge is 0.486 e. The lowest BCUT2D eigenvalue weighted by molar-refractivity contribution is -0.242. The highest BCUT2D eigenvalue weighted by Crippen LogP contribution is 2.41. The number of anilines is 2. The van der Waals surface area contributed by atoms with Gasteiger partial charge in [-0.3, -0.25) is 19.4 Å². The normalized spacial score (nSPS) is 16.9. The van der Waals surface area contributed by atoms with Gasteiger partial charge in [-0.25, -0.2) is 13.2 Å². The third kappa shape index (κ3) is 6.68. The highest BCUT2D eigenvalue weighted by Gasteiger charge is 2.51. The zero-order valence-electron chi connectivity index (χ0n) is 21.0. The summed E-state index contributed by atoms with van der Waals surface area (Å²) >= 11 is 0. The van der Waals surface area contributed by atoms with Crippen molar-refractivity contribution in [3.63, 3.8) is 0 Å². The lowest BCUT2D eigenvalue weighted by Gasteiger charge is -2.36. The quantitative estimate of drug-likeness (QED) is 0.422. The number of nitrogens with zero attached hydrogens (tertiary/aromatic N) is 2. The van der Waals surface area contributed by atoms with Crippen molar-refractivity contribution in [2.75, 3.05) is 16.2 Å². The molecule has 1 aliphatic rings. The van der Waals surface area contributed by atoms with Crippen LogP contribution in [0.4, 0.5) is 42.5 Å². The molecule has 17 heteroatoms. The number of aromatic nitrogens is 1. The first-order valence-corrected chi connectivity index (χ1v) is 12.8. The van der Waals surface area contributed by atoms with Crippen LogP contribution < -0.4 is 14.4 Å². The van der Waals surface area contributed by atoms with Gasteiger partial charge in [0.15, 0.2) is 0 Å². The number of amides is 1. The van der Waals surface area contributed by atoms with Gasteiger partial charge in [-0.2, -0.15) is 26.3 Å². The smallest absolute Gasteiger partial charge is 0.433 e. The topological polar surface area (TPSA) is 135 Å². The first-order valence-electron chi connectivity index (χ1n) is 11.4.